The van der Waals surface area contributed by atoms with Gasteiger partial charge < -0.3 is 14.9 Å². The largest absolute Gasteiger partial charge is 0.425 e. The number of aliphatic hydroxyl groups is 2. The van der Waals surface area contributed by atoms with Crippen LogP contribution in [0.25, 0.3) is 0 Å². The lowest BCUT2D eigenvalue weighted by molar-refractivity contribution is -0.384. The van der Waals surface area contributed by atoms with E-state index in [1.54, 1.807) is 0 Å². The number of hydrogen-bond acceptors (Lipinski definition) is 6. The van der Waals surface area contributed by atoms with Crippen LogP contribution >= 0.6 is 0 Å². The van der Waals surface area contributed by atoms with E-state index >= 15 is 0 Å². The molecule has 0 bridgehead atoms. The SMILES string of the molecule is O=C(Oc1ccc([N+](=O)[O-])cc1)C(O)CO. The third kappa shape index (κ3) is 3.01. The van der Waals surface area contributed by atoms with Crippen LogP contribution in [0.5, 0.6) is 5.75 Å². The summed E-state index contributed by atoms with van der Waals surface area (Å²) in [7, 11) is 0. The van der Waals surface area contributed by atoms with Gasteiger partial charge in [-0.15, -0.1) is 0 Å². The van der Waals surface area contributed by atoms with Crippen LogP contribution in [0.2, 0.25) is 0 Å². The highest BCUT2D eigenvalue weighted by atomic mass is 16.6. The molecule has 7 nitrogen and oxygen atoms in total. The van der Waals surface area contributed by atoms with Gasteiger partial charge in [-0.3, -0.25) is 10.1 Å². The van der Waals surface area contributed by atoms with Gasteiger partial charge in [0.05, 0.1) is 11.5 Å². The van der Waals surface area contributed by atoms with Crippen molar-refractivity contribution in [3.63, 3.8) is 0 Å². The second-order valence-corrected chi connectivity index (χ2v) is 2.87. The van der Waals surface area contributed by atoms with E-state index in [0.717, 1.165) is 12.1 Å². The number of rotatable bonds is 4. The van der Waals surface area contributed by atoms with E-state index < -0.39 is 23.6 Å². The first-order valence-electron chi connectivity index (χ1n) is 4.29. The third-order valence-electron chi connectivity index (χ3n) is 1.71. The average molecular weight is 227 g/mol. The molecule has 0 aromatic heterocycles. The van der Waals surface area contributed by atoms with Crippen molar-refractivity contribution in [2.24, 2.45) is 0 Å². The molecule has 1 aromatic carbocycles. The Morgan fingerprint density at radius 1 is 1.44 bits per heavy atom. The molecule has 0 spiro atoms. The molecule has 7 heteroatoms. The van der Waals surface area contributed by atoms with Crippen LogP contribution in [0.3, 0.4) is 0 Å². The fourth-order valence-corrected chi connectivity index (χ4v) is 0.895. The van der Waals surface area contributed by atoms with Crippen LogP contribution in [-0.4, -0.2) is 33.8 Å². The van der Waals surface area contributed by atoms with Gasteiger partial charge in [0.25, 0.3) is 5.69 Å². The molecular formula is C9H9NO6. The fraction of sp³-hybridized carbons (Fsp3) is 0.222. The van der Waals surface area contributed by atoms with E-state index in [-0.39, 0.29) is 11.4 Å². The molecule has 1 atom stereocenters. The van der Waals surface area contributed by atoms with Crippen molar-refractivity contribution in [3.8, 4) is 5.75 Å². The van der Waals surface area contributed by atoms with E-state index in [9.17, 15) is 14.9 Å². The van der Waals surface area contributed by atoms with E-state index in [2.05, 4.69) is 4.74 Å². The standard InChI is InChI=1S/C9H9NO6/c11-5-8(12)9(13)16-7-3-1-6(2-4-7)10(14)15/h1-4,8,11-12H,5H2. The molecule has 1 rings (SSSR count). The Morgan fingerprint density at radius 3 is 2.44 bits per heavy atom. The molecule has 0 aliphatic heterocycles. The lowest BCUT2D eigenvalue weighted by Gasteiger charge is -2.06. The lowest BCUT2D eigenvalue weighted by atomic mass is 10.3. The van der Waals surface area contributed by atoms with Gasteiger partial charge in [0.1, 0.15) is 5.75 Å². The number of benzene rings is 1. The second kappa shape index (κ2) is 5.19. The van der Waals surface area contributed by atoms with Gasteiger partial charge in [0.15, 0.2) is 6.10 Å². The molecule has 0 amide bonds. The number of carbonyl (C=O) groups is 1. The maximum atomic E-state index is 11.0. The molecule has 0 saturated carbocycles. The number of hydrogen-bond donors (Lipinski definition) is 2. The lowest BCUT2D eigenvalue weighted by Crippen LogP contribution is -2.28. The number of nitro benzene ring substituents is 1. The summed E-state index contributed by atoms with van der Waals surface area (Å²) < 4.78 is 4.63. The zero-order valence-electron chi connectivity index (χ0n) is 8.07. The normalized spacial score (nSPS) is 11.9. The zero-order chi connectivity index (χ0) is 12.1. The van der Waals surface area contributed by atoms with E-state index in [4.69, 9.17) is 10.2 Å². The molecule has 16 heavy (non-hydrogen) atoms. The number of carbonyl (C=O) groups excluding carboxylic acids is 1. The Kier molecular flexibility index (Phi) is 3.92. The number of nitrogens with zero attached hydrogens (tertiary/aromatic N) is 1. The van der Waals surface area contributed by atoms with Crippen molar-refractivity contribution in [2.75, 3.05) is 6.61 Å². The third-order valence-corrected chi connectivity index (χ3v) is 1.71. The summed E-state index contributed by atoms with van der Waals surface area (Å²) in [5, 5.41) is 27.7. The van der Waals surface area contributed by atoms with Gasteiger partial charge in [0, 0.05) is 12.1 Å². The number of nitro groups is 1. The number of non-ortho nitro benzene ring substituents is 1. The molecular weight excluding hydrogens is 218 g/mol. The van der Waals surface area contributed by atoms with Crippen LogP contribution in [0.15, 0.2) is 24.3 Å². The highest BCUT2D eigenvalue weighted by molar-refractivity contribution is 5.77. The van der Waals surface area contributed by atoms with Gasteiger partial charge >= 0.3 is 5.97 Å². The van der Waals surface area contributed by atoms with Crippen LogP contribution in [0, 0.1) is 10.1 Å². The summed E-state index contributed by atoms with van der Waals surface area (Å²) >= 11 is 0. The first-order chi connectivity index (χ1) is 7.54. The van der Waals surface area contributed by atoms with Gasteiger partial charge in [-0.2, -0.15) is 0 Å². The van der Waals surface area contributed by atoms with Gasteiger partial charge in [-0.25, -0.2) is 4.79 Å². The second-order valence-electron chi connectivity index (χ2n) is 2.87. The summed E-state index contributed by atoms with van der Waals surface area (Å²) in [4.78, 5) is 20.7. The van der Waals surface area contributed by atoms with Crippen molar-refractivity contribution >= 4 is 11.7 Å². The molecule has 0 saturated heterocycles. The summed E-state index contributed by atoms with van der Waals surface area (Å²) in [6, 6.07) is 4.77. The minimum atomic E-state index is -1.62. The molecule has 2 N–H and O–H groups in total. The molecule has 1 aromatic rings. The summed E-state index contributed by atoms with van der Waals surface area (Å²) in [6.07, 6.45) is -1.62. The minimum Gasteiger partial charge on any atom is -0.425 e. The molecule has 86 valence electrons. The monoisotopic (exact) mass is 227 g/mol. The van der Waals surface area contributed by atoms with Crippen LogP contribution < -0.4 is 4.74 Å². The van der Waals surface area contributed by atoms with E-state index in [1.807, 2.05) is 0 Å². The smallest absolute Gasteiger partial charge is 0.342 e. The van der Waals surface area contributed by atoms with Gasteiger partial charge in [-0.1, -0.05) is 0 Å². The van der Waals surface area contributed by atoms with Crippen LogP contribution in [0.4, 0.5) is 5.69 Å². The van der Waals surface area contributed by atoms with Crippen molar-refractivity contribution in [1.82, 2.24) is 0 Å². The minimum absolute atomic E-state index is 0.0584. The summed E-state index contributed by atoms with van der Waals surface area (Å²) in [6.45, 7) is -0.744. The van der Waals surface area contributed by atoms with Crippen molar-refractivity contribution in [1.29, 1.82) is 0 Å². The predicted octanol–water partition coefficient (Wildman–Crippen LogP) is -0.147. The van der Waals surface area contributed by atoms with Crippen molar-refractivity contribution in [2.45, 2.75) is 6.10 Å². The topological polar surface area (TPSA) is 110 Å². The molecule has 0 heterocycles. The summed E-state index contributed by atoms with van der Waals surface area (Å²) in [5.41, 5.74) is -0.137. The van der Waals surface area contributed by atoms with Gasteiger partial charge in [0.2, 0.25) is 0 Å². The first-order valence-corrected chi connectivity index (χ1v) is 4.29. The van der Waals surface area contributed by atoms with Gasteiger partial charge in [-0.05, 0) is 12.1 Å². The average Bonchev–Trinajstić information content (AvgIpc) is 2.28. The van der Waals surface area contributed by atoms with Crippen LogP contribution in [0.1, 0.15) is 0 Å². The molecule has 0 aliphatic carbocycles. The Labute approximate surface area is 90.0 Å². The highest BCUT2D eigenvalue weighted by Crippen LogP contribution is 2.17. The highest BCUT2D eigenvalue weighted by Gasteiger charge is 2.16. The number of aliphatic hydroxyl groups excluding tert-OH is 2. The maximum absolute atomic E-state index is 11.0. The summed E-state index contributed by atoms with van der Waals surface area (Å²) in [5.74, 6) is -0.959. The Morgan fingerprint density at radius 2 is 2.00 bits per heavy atom. The van der Waals surface area contributed by atoms with E-state index in [1.165, 1.54) is 12.1 Å². The van der Waals surface area contributed by atoms with Crippen molar-refractivity contribution in [3.05, 3.63) is 34.4 Å². The predicted molar refractivity (Wildman–Crippen MR) is 51.8 cm³/mol. The molecule has 0 radical (unpaired) electrons. The quantitative estimate of drug-likeness (QED) is 0.320. The molecule has 1 unspecified atom stereocenters. The fourth-order valence-electron chi connectivity index (χ4n) is 0.895. The van der Waals surface area contributed by atoms with E-state index in [0.29, 0.717) is 0 Å². The first kappa shape index (κ1) is 12.1. The Bertz CT molecular complexity index is 387. The molecule has 0 fully saturated rings. The number of esters is 1. The maximum Gasteiger partial charge on any atom is 0.342 e. The zero-order valence-corrected chi connectivity index (χ0v) is 8.07. The number of ether oxygens (including phenoxy) is 1. The van der Waals surface area contributed by atoms with Crippen molar-refractivity contribution < 1.29 is 24.7 Å². The Hall–Kier alpha value is -1.99. The molecule has 0 aliphatic rings. The Balaban J connectivity index is 2.69. The van der Waals surface area contributed by atoms with Crippen LogP contribution in [-0.2, 0) is 4.79 Å².